The van der Waals surface area contributed by atoms with Crippen molar-refractivity contribution in [2.45, 2.75) is 45.1 Å². The van der Waals surface area contributed by atoms with Gasteiger partial charge in [0, 0.05) is 11.3 Å². The fraction of sp³-hybridized carbons (Fsp3) is 0.417. The number of amides is 2. The van der Waals surface area contributed by atoms with Crippen LogP contribution in [-0.2, 0) is 4.79 Å². The maximum atomic E-state index is 12.7. The quantitative estimate of drug-likeness (QED) is 0.735. The summed E-state index contributed by atoms with van der Waals surface area (Å²) in [6.45, 7) is 3.90. The second-order valence-corrected chi connectivity index (χ2v) is 7.70. The minimum Gasteiger partial charge on any atom is -0.495 e. The van der Waals surface area contributed by atoms with Crippen LogP contribution in [0.1, 0.15) is 49.4 Å². The predicted octanol–water partition coefficient (Wildman–Crippen LogP) is 4.54. The van der Waals surface area contributed by atoms with Crippen molar-refractivity contribution in [1.82, 2.24) is 4.90 Å². The minimum atomic E-state index is -0.230. The van der Waals surface area contributed by atoms with Gasteiger partial charge in [-0.2, -0.15) is 0 Å². The largest absolute Gasteiger partial charge is 0.495 e. The number of nitrogens with one attached hydrogen (secondary N) is 2. The summed E-state index contributed by atoms with van der Waals surface area (Å²) in [6, 6.07) is 14.0. The van der Waals surface area contributed by atoms with Crippen LogP contribution in [0.3, 0.4) is 0 Å². The number of methoxy groups -OCH3 is 1. The van der Waals surface area contributed by atoms with E-state index >= 15 is 0 Å². The highest BCUT2D eigenvalue weighted by molar-refractivity contribution is 6.05. The van der Waals surface area contributed by atoms with Crippen molar-refractivity contribution in [3.63, 3.8) is 0 Å². The van der Waals surface area contributed by atoms with Gasteiger partial charge in [-0.15, -0.1) is 0 Å². The zero-order valence-electron chi connectivity index (χ0n) is 17.8. The molecule has 3 rings (SSSR count). The van der Waals surface area contributed by atoms with E-state index in [0.717, 1.165) is 25.9 Å². The van der Waals surface area contributed by atoms with Gasteiger partial charge in [0.2, 0.25) is 5.91 Å². The van der Waals surface area contributed by atoms with Crippen LogP contribution in [0.25, 0.3) is 0 Å². The summed E-state index contributed by atoms with van der Waals surface area (Å²) in [5.41, 5.74) is 1.81. The number of rotatable bonds is 6. The van der Waals surface area contributed by atoms with Gasteiger partial charge in [-0.25, -0.2) is 0 Å². The first-order chi connectivity index (χ1) is 14.6. The number of hydrogen-bond acceptors (Lipinski definition) is 4. The number of likely N-dealkylation sites (tertiary alicyclic amines) is 1. The third kappa shape index (κ3) is 5.83. The van der Waals surface area contributed by atoms with Crippen LogP contribution >= 0.6 is 0 Å². The molecule has 0 bridgehead atoms. The molecule has 1 unspecified atom stereocenters. The molecule has 0 spiro atoms. The molecule has 1 atom stereocenters. The number of para-hydroxylation sites is 2. The third-order valence-corrected chi connectivity index (χ3v) is 5.59. The van der Waals surface area contributed by atoms with Crippen molar-refractivity contribution in [3.8, 4) is 5.75 Å². The van der Waals surface area contributed by atoms with Gasteiger partial charge in [-0.1, -0.05) is 31.4 Å². The van der Waals surface area contributed by atoms with E-state index in [2.05, 4.69) is 15.5 Å². The Morgan fingerprint density at radius 3 is 2.20 bits per heavy atom. The van der Waals surface area contributed by atoms with Gasteiger partial charge in [0.15, 0.2) is 0 Å². The second-order valence-electron chi connectivity index (χ2n) is 7.70. The molecule has 1 saturated heterocycles. The van der Waals surface area contributed by atoms with E-state index in [1.807, 2.05) is 19.1 Å². The summed E-state index contributed by atoms with van der Waals surface area (Å²) in [4.78, 5) is 27.5. The standard InChI is InChI=1S/C24H31N3O3/c1-18(27-16-8-4-3-5-9-17-27)23(28)25-20-14-12-19(13-15-20)24(29)26-21-10-6-7-11-22(21)30-2/h6-7,10-15,18H,3-5,8-9,16-17H2,1-2H3,(H,25,28)(H,26,29). The molecule has 6 heteroatoms. The van der Waals surface area contributed by atoms with Crippen LogP contribution in [0.2, 0.25) is 0 Å². The van der Waals surface area contributed by atoms with E-state index in [1.54, 1.807) is 43.5 Å². The van der Waals surface area contributed by atoms with Crippen molar-refractivity contribution in [1.29, 1.82) is 0 Å². The smallest absolute Gasteiger partial charge is 0.255 e. The average Bonchev–Trinajstić information content (AvgIpc) is 2.74. The summed E-state index contributed by atoms with van der Waals surface area (Å²) in [6.07, 6.45) is 6.07. The normalized spacial score (nSPS) is 16.1. The van der Waals surface area contributed by atoms with Gasteiger partial charge in [0.05, 0.1) is 18.8 Å². The molecular weight excluding hydrogens is 378 g/mol. The lowest BCUT2D eigenvalue weighted by Crippen LogP contribution is -2.43. The Balaban J connectivity index is 1.58. The molecule has 0 saturated carbocycles. The maximum absolute atomic E-state index is 12.7. The van der Waals surface area contributed by atoms with Gasteiger partial charge >= 0.3 is 0 Å². The molecule has 1 heterocycles. The Morgan fingerprint density at radius 1 is 0.900 bits per heavy atom. The van der Waals surface area contributed by atoms with Crippen molar-refractivity contribution in [2.75, 3.05) is 30.8 Å². The average molecular weight is 410 g/mol. The highest BCUT2D eigenvalue weighted by Crippen LogP contribution is 2.24. The fourth-order valence-electron chi connectivity index (χ4n) is 3.72. The molecule has 0 aliphatic carbocycles. The van der Waals surface area contributed by atoms with Crippen molar-refractivity contribution in [2.24, 2.45) is 0 Å². The summed E-state index contributed by atoms with van der Waals surface area (Å²) in [5.74, 6) is 0.362. The number of anilines is 2. The highest BCUT2D eigenvalue weighted by Gasteiger charge is 2.21. The van der Waals surface area contributed by atoms with Gasteiger partial charge in [-0.05, 0) is 69.3 Å². The Labute approximate surface area is 178 Å². The van der Waals surface area contributed by atoms with Gasteiger partial charge < -0.3 is 15.4 Å². The van der Waals surface area contributed by atoms with Crippen LogP contribution in [0, 0.1) is 0 Å². The first-order valence-corrected chi connectivity index (χ1v) is 10.7. The van der Waals surface area contributed by atoms with E-state index in [1.165, 1.54) is 19.3 Å². The molecule has 0 radical (unpaired) electrons. The van der Waals surface area contributed by atoms with E-state index < -0.39 is 0 Å². The van der Waals surface area contributed by atoms with Gasteiger partial charge in [0.1, 0.15) is 5.75 Å². The molecule has 160 valence electrons. The Kier molecular flexibility index (Phi) is 7.85. The fourth-order valence-corrected chi connectivity index (χ4v) is 3.72. The molecule has 1 aliphatic heterocycles. The van der Waals surface area contributed by atoms with E-state index in [9.17, 15) is 9.59 Å². The Hall–Kier alpha value is -2.86. The summed E-state index contributed by atoms with van der Waals surface area (Å²) >= 11 is 0. The van der Waals surface area contributed by atoms with Crippen LogP contribution in [0.4, 0.5) is 11.4 Å². The Bertz CT molecular complexity index is 843. The van der Waals surface area contributed by atoms with Crippen LogP contribution < -0.4 is 15.4 Å². The van der Waals surface area contributed by atoms with Gasteiger partial charge in [-0.3, -0.25) is 14.5 Å². The Morgan fingerprint density at radius 2 is 1.53 bits per heavy atom. The number of hydrogen-bond donors (Lipinski definition) is 2. The van der Waals surface area contributed by atoms with Crippen LogP contribution in [-0.4, -0.2) is 43.0 Å². The van der Waals surface area contributed by atoms with Gasteiger partial charge in [0.25, 0.3) is 5.91 Å². The lowest BCUT2D eigenvalue weighted by molar-refractivity contribution is -0.120. The van der Waals surface area contributed by atoms with Crippen LogP contribution in [0.5, 0.6) is 5.75 Å². The first-order valence-electron chi connectivity index (χ1n) is 10.7. The number of nitrogens with zero attached hydrogens (tertiary/aromatic N) is 1. The molecule has 2 N–H and O–H groups in total. The van der Waals surface area contributed by atoms with E-state index in [0.29, 0.717) is 22.7 Å². The molecule has 1 aliphatic rings. The SMILES string of the molecule is COc1ccccc1NC(=O)c1ccc(NC(=O)C(C)N2CCCCCCC2)cc1. The van der Waals surface area contributed by atoms with Crippen molar-refractivity contribution in [3.05, 3.63) is 54.1 Å². The molecule has 2 aromatic carbocycles. The zero-order chi connectivity index (χ0) is 21.3. The zero-order valence-corrected chi connectivity index (χ0v) is 17.8. The molecule has 6 nitrogen and oxygen atoms in total. The second kappa shape index (κ2) is 10.8. The molecule has 2 aromatic rings. The first kappa shape index (κ1) is 21.8. The predicted molar refractivity (Wildman–Crippen MR) is 120 cm³/mol. The summed E-state index contributed by atoms with van der Waals surface area (Å²) in [7, 11) is 1.57. The monoisotopic (exact) mass is 409 g/mol. The van der Waals surface area contributed by atoms with Crippen molar-refractivity contribution < 1.29 is 14.3 Å². The number of ether oxygens (including phenoxy) is 1. The topological polar surface area (TPSA) is 70.7 Å². The minimum absolute atomic E-state index is 0.0122. The number of benzene rings is 2. The maximum Gasteiger partial charge on any atom is 0.255 e. The molecule has 1 fully saturated rings. The summed E-state index contributed by atoms with van der Waals surface area (Å²) < 4.78 is 5.27. The molecule has 0 aromatic heterocycles. The van der Waals surface area contributed by atoms with Crippen LogP contribution in [0.15, 0.2) is 48.5 Å². The summed E-state index contributed by atoms with van der Waals surface area (Å²) in [5, 5.41) is 5.83. The lowest BCUT2D eigenvalue weighted by atomic mass is 10.1. The lowest BCUT2D eigenvalue weighted by Gasteiger charge is -2.29. The van der Waals surface area contributed by atoms with E-state index in [-0.39, 0.29) is 17.9 Å². The molecule has 30 heavy (non-hydrogen) atoms. The van der Waals surface area contributed by atoms with Crippen molar-refractivity contribution >= 4 is 23.2 Å². The number of carbonyl (C=O) groups is 2. The number of carbonyl (C=O) groups excluding carboxylic acids is 2. The highest BCUT2D eigenvalue weighted by atomic mass is 16.5. The molecule has 2 amide bonds. The third-order valence-electron chi connectivity index (χ3n) is 5.59. The van der Waals surface area contributed by atoms with E-state index in [4.69, 9.17) is 4.74 Å². The molecular formula is C24H31N3O3.